The number of nitrogens with zero attached hydrogens (tertiary/aromatic N) is 3. The summed E-state index contributed by atoms with van der Waals surface area (Å²) in [5.41, 5.74) is 11.8. The Bertz CT molecular complexity index is 3780. The summed E-state index contributed by atoms with van der Waals surface area (Å²) in [7, 11) is 0. The Kier molecular flexibility index (Phi) is 9.36. The van der Waals surface area contributed by atoms with Crippen molar-refractivity contribution >= 4 is 70.6 Å². The van der Waals surface area contributed by atoms with Gasteiger partial charge < -0.3 is 13.6 Å². The second-order valence-electron chi connectivity index (χ2n) is 19.3. The third kappa shape index (κ3) is 6.54. The maximum atomic E-state index is 7.10. The number of rotatable bonds is 5. The van der Waals surface area contributed by atoms with Gasteiger partial charge in [0.2, 0.25) is 11.8 Å². The fourth-order valence-corrected chi connectivity index (χ4v) is 9.82. The summed E-state index contributed by atoms with van der Waals surface area (Å²) in [5.74, 6) is 1.70. The van der Waals surface area contributed by atoms with Crippen LogP contribution in [0.3, 0.4) is 0 Å². The first-order chi connectivity index (χ1) is 30.9. The first-order valence-electron chi connectivity index (χ1n) is 22.1. The van der Waals surface area contributed by atoms with Crippen molar-refractivity contribution in [2.24, 2.45) is 0 Å². The van der Waals surface area contributed by atoms with E-state index < -0.39 is 0 Å². The Hall–Kier alpha value is -6.81. The van der Waals surface area contributed by atoms with Gasteiger partial charge in [-0.05, 0) is 53.5 Å². The van der Waals surface area contributed by atoms with Crippen molar-refractivity contribution in [1.82, 2.24) is 14.4 Å². The Morgan fingerprint density at radius 2 is 1.25 bits per heavy atom. The summed E-state index contributed by atoms with van der Waals surface area (Å²) >= 11 is 0. The van der Waals surface area contributed by atoms with E-state index in [-0.39, 0.29) is 31.9 Å². The maximum absolute atomic E-state index is 7.10. The monoisotopic (exact) mass is 1020 g/mol. The van der Waals surface area contributed by atoms with Crippen LogP contribution in [0.5, 0.6) is 11.8 Å². The second kappa shape index (κ2) is 14.9. The van der Waals surface area contributed by atoms with Gasteiger partial charge in [0.25, 0.3) is 0 Å². The van der Waals surface area contributed by atoms with Crippen molar-refractivity contribution in [2.75, 3.05) is 0 Å². The number of para-hydroxylation sites is 2. The average molecular weight is 1020 g/mol. The number of aryl methyl sites for hydroxylation is 1. The molecule has 0 fully saturated rings. The van der Waals surface area contributed by atoms with E-state index in [9.17, 15) is 0 Å². The Labute approximate surface area is 392 Å². The number of pyridine rings is 2. The first kappa shape index (κ1) is 40.9. The normalized spacial score (nSPS) is 12.4. The molecular formula is C59H45N3O2Pt. The van der Waals surface area contributed by atoms with Gasteiger partial charge in [0, 0.05) is 60.9 Å². The number of hydrogen-bond acceptors (Lipinski definition) is 4. The van der Waals surface area contributed by atoms with Gasteiger partial charge in [-0.15, -0.1) is 64.5 Å². The summed E-state index contributed by atoms with van der Waals surface area (Å²) in [5, 5.41) is 9.91. The molecule has 0 aliphatic carbocycles. The molecule has 5 aromatic heterocycles. The number of furan rings is 1. The molecule has 0 radical (unpaired) electrons. The quantitative estimate of drug-likeness (QED) is 0.161. The van der Waals surface area contributed by atoms with Crippen LogP contribution in [-0.4, -0.2) is 14.4 Å². The van der Waals surface area contributed by atoms with Gasteiger partial charge in [0.1, 0.15) is 11.3 Å². The number of benzene rings is 7. The number of fused-ring (bicyclic) bond motifs is 9. The van der Waals surface area contributed by atoms with E-state index in [0.29, 0.717) is 23.0 Å². The van der Waals surface area contributed by atoms with Crippen LogP contribution < -0.4 is 4.74 Å². The van der Waals surface area contributed by atoms with Crippen LogP contribution in [0.2, 0.25) is 0 Å². The molecule has 0 spiro atoms. The zero-order valence-electron chi connectivity index (χ0n) is 37.3. The van der Waals surface area contributed by atoms with E-state index >= 15 is 0 Å². The van der Waals surface area contributed by atoms with Crippen molar-refractivity contribution in [3.8, 4) is 45.6 Å². The Morgan fingerprint density at radius 1 is 0.600 bits per heavy atom. The molecule has 0 bridgehead atoms. The molecule has 65 heavy (non-hydrogen) atoms. The standard InChI is InChI=1S/C59H45N3O2.Pt/c1-34-45-33-52(63-57-42-22-11-9-18-36(42)32-49(60-57)38-27-35-17-8-10-21-41(35)48(31-38)59(5,6)7)61-53(37-19-16-20-40(28-37)58(2,3)4)56(45)64-55(34)39-29-46-43-23-12-14-25-50(43)62-51-26-15-13-24-44(51)47(30-39)54(46)62;/h8-18,20-26,28-33H,1-7H3;/q-2;+2. The molecule has 12 rings (SSSR count). The zero-order valence-corrected chi connectivity index (χ0v) is 39.6. The molecule has 0 unspecified atom stereocenters. The van der Waals surface area contributed by atoms with E-state index in [4.69, 9.17) is 19.1 Å². The van der Waals surface area contributed by atoms with Crippen molar-refractivity contribution in [1.29, 1.82) is 0 Å². The minimum atomic E-state index is -0.0925. The van der Waals surface area contributed by atoms with Crippen LogP contribution >= 0.6 is 0 Å². The Morgan fingerprint density at radius 3 is 1.94 bits per heavy atom. The zero-order chi connectivity index (χ0) is 43.6. The minimum Gasteiger partial charge on any atom is -0.463 e. The number of ether oxygens (including phenoxy) is 1. The predicted octanol–water partition coefficient (Wildman–Crippen LogP) is 16.0. The molecular weight excluding hydrogens is 978 g/mol. The molecule has 0 N–H and O–H groups in total. The molecule has 0 saturated heterocycles. The van der Waals surface area contributed by atoms with Gasteiger partial charge in [0.05, 0.1) is 16.6 Å². The second-order valence-corrected chi connectivity index (χ2v) is 19.3. The van der Waals surface area contributed by atoms with Crippen molar-refractivity contribution in [2.45, 2.75) is 59.3 Å². The average Bonchev–Trinajstić information content (AvgIpc) is 3.94. The fraction of sp³-hybridized carbons (Fsp3) is 0.153. The van der Waals surface area contributed by atoms with Gasteiger partial charge in [-0.2, -0.15) is 0 Å². The van der Waals surface area contributed by atoms with Gasteiger partial charge in [-0.25, -0.2) is 0 Å². The largest absolute Gasteiger partial charge is 2.00 e. The van der Waals surface area contributed by atoms with Gasteiger partial charge in [-0.3, -0.25) is 9.97 Å². The van der Waals surface area contributed by atoms with Crippen LogP contribution in [0.15, 0.2) is 150 Å². The summed E-state index contributed by atoms with van der Waals surface area (Å²) in [6.07, 6.45) is 0. The number of hydrogen-bond donors (Lipinski definition) is 0. The number of aromatic nitrogens is 3. The van der Waals surface area contributed by atoms with E-state index in [1.807, 2.05) is 18.2 Å². The summed E-state index contributed by atoms with van der Waals surface area (Å²) in [4.78, 5) is 10.6. The van der Waals surface area contributed by atoms with Gasteiger partial charge >= 0.3 is 21.1 Å². The van der Waals surface area contributed by atoms with Crippen LogP contribution in [0.4, 0.5) is 0 Å². The van der Waals surface area contributed by atoms with Crippen LogP contribution in [-0.2, 0) is 31.9 Å². The third-order valence-corrected chi connectivity index (χ3v) is 13.1. The summed E-state index contributed by atoms with van der Waals surface area (Å²) in [6, 6.07) is 58.5. The first-order valence-corrected chi connectivity index (χ1v) is 22.1. The summed E-state index contributed by atoms with van der Waals surface area (Å²) in [6.45, 7) is 15.6. The van der Waals surface area contributed by atoms with Crippen LogP contribution in [0.25, 0.3) is 104 Å². The molecule has 7 aromatic carbocycles. The summed E-state index contributed by atoms with van der Waals surface area (Å²) < 4.78 is 16.5. The molecule has 6 heteroatoms. The molecule has 0 aliphatic heterocycles. The van der Waals surface area contributed by atoms with E-state index in [1.54, 1.807) is 0 Å². The van der Waals surface area contributed by atoms with Crippen LogP contribution in [0, 0.1) is 19.1 Å². The fourth-order valence-electron chi connectivity index (χ4n) is 9.82. The van der Waals surface area contributed by atoms with Crippen molar-refractivity contribution in [3.05, 3.63) is 174 Å². The van der Waals surface area contributed by atoms with Crippen molar-refractivity contribution in [3.63, 3.8) is 0 Å². The smallest absolute Gasteiger partial charge is 0.463 e. The Balaban J connectivity index is 0.00000469. The molecule has 0 aliphatic rings. The van der Waals surface area contributed by atoms with E-state index in [1.165, 1.54) is 54.6 Å². The third-order valence-electron chi connectivity index (χ3n) is 13.1. The van der Waals surface area contributed by atoms with Gasteiger partial charge in [0.15, 0.2) is 0 Å². The molecule has 318 valence electrons. The molecule has 0 atom stereocenters. The molecule has 5 heterocycles. The van der Waals surface area contributed by atoms with E-state index in [0.717, 1.165) is 55.3 Å². The van der Waals surface area contributed by atoms with Gasteiger partial charge in [-0.1, -0.05) is 131 Å². The maximum Gasteiger partial charge on any atom is 2.00 e. The topological polar surface area (TPSA) is 52.6 Å². The molecule has 0 amide bonds. The predicted molar refractivity (Wildman–Crippen MR) is 264 cm³/mol. The van der Waals surface area contributed by atoms with Crippen molar-refractivity contribution < 1.29 is 30.2 Å². The minimum absolute atomic E-state index is 0. The SMILES string of the molecule is Cc1c(-c2cc3c4ccccc4n4c5ccccc5c(c2)c34)oc2c(-c3[c-]ccc(C(C)(C)C)c3)nc(Oc3nc(-c4[c-]c5ccccc5c(C(C)(C)C)c4)cc4ccccc34)cc12.[Pt+2]. The molecule has 12 aromatic rings. The molecule has 5 nitrogen and oxygen atoms in total. The molecule has 0 saturated carbocycles. The van der Waals surface area contributed by atoms with E-state index in [2.05, 4.69) is 192 Å². The van der Waals surface area contributed by atoms with Crippen LogP contribution in [0.1, 0.15) is 58.2 Å².